The topological polar surface area (TPSA) is 66.4 Å². The van der Waals surface area contributed by atoms with Gasteiger partial charge in [0.25, 0.3) is 5.91 Å². The summed E-state index contributed by atoms with van der Waals surface area (Å²) in [6.45, 7) is 0. The van der Waals surface area contributed by atoms with Gasteiger partial charge in [0.1, 0.15) is 0 Å². The normalized spacial score (nSPS) is 11.9. The van der Waals surface area contributed by atoms with Gasteiger partial charge >= 0.3 is 5.97 Å². The summed E-state index contributed by atoms with van der Waals surface area (Å²) in [5.74, 6) is -1.38. The number of aliphatic carboxylic acids is 1. The zero-order chi connectivity index (χ0) is 15.4. The number of hydrogen-bond acceptors (Lipinski definition) is 3. The summed E-state index contributed by atoms with van der Waals surface area (Å²) < 4.78 is 0.725. The summed E-state index contributed by atoms with van der Waals surface area (Å²) in [6.07, 6.45) is -0.183. The Balaban J connectivity index is 2.22. The summed E-state index contributed by atoms with van der Waals surface area (Å²) in [6, 6.07) is 7.97. The van der Waals surface area contributed by atoms with Gasteiger partial charge in [-0.15, -0.1) is 11.3 Å². The van der Waals surface area contributed by atoms with Gasteiger partial charge in [0.05, 0.1) is 23.0 Å². The number of carboxylic acids is 1. The SMILES string of the molecule is O=C(O)CC(NC(=O)c1cc(Br)ccc1Cl)c1cccs1. The van der Waals surface area contributed by atoms with E-state index in [9.17, 15) is 9.59 Å². The van der Waals surface area contributed by atoms with Gasteiger partial charge in [0.15, 0.2) is 0 Å². The number of amides is 1. The molecule has 21 heavy (non-hydrogen) atoms. The molecule has 1 heterocycles. The second-order valence-corrected chi connectivity index (χ2v) is 6.57. The van der Waals surface area contributed by atoms with Crippen molar-refractivity contribution in [2.24, 2.45) is 0 Å². The van der Waals surface area contributed by atoms with E-state index in [1.807, 2.05) is 11.4 Å². The van der Waals surface area contributed by atoms with Crippen LogP contribution in [0.1, 0.15) is 27.7 Å². The van der Waals surface area contributed by atoms with Gasteiger partial charge in [-0.05, 0) is 29.6 Å². The van der Waals surface area contributed by atoms with Crippen LogP contribution in [0.5, 0.6) is 0 Å². The molecule has 0 fully saturated rings. The largest absolute Gasteiger partial charge is 0.481 e. The van der Waals surface area contributed by atoms with Gasteiger partial charge in [0, 0.05) is 9.35 Å². The molecule has 0 aliphatic rings. The van der Waals surface area contributed by atoms with Crippen molar-refractivity contribution in [3.63, 3.8) is 0 Å². The molecular formula is C14H11BrClNO3S. The van der Waals surface area contributed by atoms with Crippen LogP contribution in [0.2, 0.25) is 5.02 Å². The molecule has 1 unspecified atom stereocenters. The Morgan fingerprint density at radius 3 is 2.76 bits per heavy atom. The molecule has 0 saturated heterocycles. The van der Waals surface area contributed by atoms with E-state index in [1.54, 1.807) is 24.3 Å². The van der Waals surface area contributed by atoms with Gasteiger partial charge in [-0.1, -0.05) is 33.6 Å². The van der Waals surface area contributed by atoms with Crippen LogP contribution in [0.4, 0.5) is 0 Å². The Kier molecular flexibility index (Phi) is 5.39. The molecule has 2 aromatic rings. The van der Waals surface area contributed by atoms with Crippen LogP contribution in [-0.4, -0.2) is 17.0 Å². The molecule has 7 heteroatoms. The second kappa shape index (κ2) is 7.06. The number of carboxylic acid groups (broad SMARTS) is 1. The Morgan fingerprint density at radius 1 is 1.38 bits per heavy atom. The zero-order valence-corrected chi connectivity index (χ0v) is 13.8. The molecule has 0 aliphatic heterocycles. The maximum atomic E-state index is 12.3. The molecule has 2 N–H and O–H groups in total. The summed E-state index contributed by atoms with van der Waals surface area (Å²) in [4.78, 5) is 24.1. The fourth-order valence-electron chi connectivity index (χ4n) is 1.79. The number of rotatable bonds is 5. The molecule has 1 atom stereocenters. The third kappa shape index (κ3) is 4.30. The Morgan fingerprint density at radius 2 is 2.14 bits per heavy atom. The first-order valence-corrected chi connectivity index (χ1v) is 8.03. The molecule has 2 rings (SSSR count). The van der Waals surface area contributed by atoms with E-state index in [1.165, 1.54) is 11.3 Å². The van der Waals surface area contributed by atoms with Crippen molar-refractivity contribution in [2.45, 2.75) is 12.5 Å². The van der Waals surface area contributed by atoms with Crippen LogP contribution < -0.4 is 5.32 Å². The summed E-state index contributed by atoms with van der Waals surface area (Å²) in [5.41, 5.74) is 0.304. The highest BCUT2D eigenvalue weighted by molar-refractivity contribution is 9.10. The second-order valence-electron chi connectivity index (χ2n) is 4.26. The smallest absolute Gasteiger partial charge is 0.305 e. The lowest BCUT2D eigenvalue weighted by Crippen LogP contribution is -2.29. The number of carbonyl (C=O) groups excluding carboxylic acids is 1. The monoisotopic (exact) mass is 387 g/mol. The molecule has 4 nitrogen and oxygen atoms in total. The van der Waals surface area contributed by atoms with E-state index in [-0.39, 0.29) is 6.42 Å². The van der Waals surface area contributed by atoms with E-state index in [4.69, 9.17) is 16.7 Å². The lowest BCUT2D eigenvalue weighted by Gasteiger charge is -2.16. The fourth-order valence-corrected chi connectivity index (χ4v) is 3.14. The van der Waals surface area contributed by atoms with Crippen molar-refractivity contribution in [2.75, 3.05) is 0 Å². The number of thiophene rings is 1. The third-order valence-electron chi connectivity index (χ3n) is 2.74. The molecule has 0 spiro atoms. The summed E-state index contributed by atoms with van der Waals surface area (Å²) in [7, 11) is 0. The maximum Gasteiger partial charge on any atom is 0.305 e. The number of benzene rings is 1. The highest BCUT2D eigenvalue weighted by Crippen LogP contribution is 2.25. The molecule has 0 bridgehead atoms. The van der Waals surface area contributed by atoms with E-state index >= 15 is 0 Å². The lowest BCUT2D eigenvalue weighted by atomic mass is 10.1. The molecule has 110 valence electrons. The van der Waals surface area contributed by atoms with Crippen molar-refractivity contribution in [1.29, 1.82) is 0 Å². The Labute approximate surface area is 138 Å². The molecule has 1 aromatic heterocycles. The van der Waals surface area contributed by atoms with Gasteiger partial charge < -0.3 is 10.4 Å². The molecule has 0 saturated carbocycles. The molecular weight excluding hydrogens is 378 g/mol. The highest BCUT2D eigenvalue weighted by Gasteiger charge is 2.21. The van der Waals surface area contributed by atoms with Crippen LogP contribution in [0.3, 0.4) is 0 Å². The predicted molar refractivity (Wildman–Crippen MR) is 85.9 cm³/mol. The van der Waals surface area contributed by atoms with Crippen LogP contribution in [0.15, 0.2) is 40.2 Å². The van der Waals surface area contributed by atoms with Crippen molar-refractivity contribution >= 4 is 50.7 Å². The molecule has 0 radical (unpaired) electrons. The van der Waals surface area contributed by atoms with Crippen molar-refractivity contribution in [3.8, 4) is 0 Å². The van der Waals surface area contributed by atoms with Crippen LogP contribution >= 0.6 is 38.9 Å². The van der Waals surface area contributed by atoms with Gasteiger partial charge in [-0.3, -0.25) is 9.59 Å². The van der Waals surface area contributed by atoms with E-state index < -0.39 is 17.9 Å². The number of halogens is 2. The average Bonchev–Trinajstić information content (AvgIpc) is 2.94. The molecule has 1 amide bonds. The minimum absolute atomic E-state index is 0.183. The maximum absolute atomic E-state index is 12.3. The number of carbonyl (C=O) groups is 2. The van der Waals surface area contributed by atoms with Crippen molar-refractivity contribution < 1.29 is 14.7 Å². The summed E-state index contributed by atoms with van der Waals surface area (Å²) in [5, 5.41) is 13.9. The van der Waals surface area contributed by atoms with Gasteiger partial charge in [0.2, 0.25) is 0 Å². The first-order valence-electron chi connectivity index (χ1n) is 5.98. The first kappa shape index (κ1) is 16.0. The highest BCUT2D eigenvalue weighted by atomic mass is 79.9. The fraction of sp³-hybridized carbons (Fsp3) is 0.143. The summed E-state index contributed by atoms with van der Waals surface area (Å²) >= 11 is 10.7. The van der Waals surface area contributed by atoms with E-state index in [0.29, 0.717) is 10.6 Å². The average molecular weight is 389 g/mol. The lowest BCUT2D eigenvalue weighted by molar-refractivity contribution is -0.137. The number of hydrogen-bond donors (Lipinski definition) is 2. The van der Waals surface area contributed by atoms with Gasteiger partial charge in [-0.2, -0.15) is 0 Å². The molecule has 0 aliphatic carbocycles. The van der Waals surface area contributed by atoms with Crippen LogP contribution in [0.25, 0.3) is 0 Å². The minimum Gasteiger partial charge on any atom is -0.481 e. The standard InChI is InChI=1S/C14H11BrClNO3S/c15-8-3-4-10(16)9(6-8)14(20)17-11(7-13(18)19)12-2-1-5-21-12/h1-6,11H,7H2,(H,17,20)(H,18,19). The van der Waals surface area contributed by atoms with E-state index in [0.717, 1.165) is 9.35 Å². The predicted octanol–water partition coefficient (Wildman–Crippen LogP) is 4.11. The zero-order valence-electron chi connectivity index (χ0n) is 10.7. The Hall–Kier alpha value is -1.37. The number of nitrogens with one attached hydrogen (secondary N) is 1. The van der Waals surface area contributed by atoms with Crippen molar-refractivity contribution in [3.05, 3.63) is 55.6 Å². The van der Waals surface area contributed by atoms with Crippen LogP contribution in [0, 0.1) is 0 Å². The first-order chi connectivity index (χ1) is 9.97. The third-order valence-corrected chi connectivity index (χ3v) is 4.55. The van der Waals surface area contributed by atoms with E-state index in [2.05, 4.69) is 21.2 Å². The molecule has 1 aromatic carbocycles. The Bertz CT molecular complexity index is 660. The quantitative estimate of drug-likeness (QED) is 0.810. The van der Waals surface area contributed by atoms with Crippen molar-refractivity contribution in [1.82, 2.24) is 5.32 Å². The van der Waals surface area contributed by atoms with Gasteiger partial charge in [-0.25, -0.2) is 0 Å². The minimum atomic E-state index is -0.978. The van der Waals surface area contributed by atoms with Crippen LogP contribution in [-0.2, 0) is 4.79 Å².